The van der Waals surface area contributed by atoms with Gasteiger partial charge in [0.25, 0.3) is 5.91 Å². The fourth-order valence-corrected chi connectivity index (χ4v) is 2.70. The van der Waals surface area contributed by atoms with Gasteiger partial charge in [-0.05, 0) is 64.8 Å². The Balaban J connectivity index is 1.87. The minimum absolute atomic E-state index is 0.0476. The van der Waals surface area contributed by atoms with Crippen LogP contribution in [0.1, 0.15) is 18.5 Å². The standard InChI is InChI=1S/C18H20BrNO4/c1-12(13-4-9-17(23-3)16(19)10-13)20-18(21)11-24-15-7-5-14(22-2)6-8-15/h4-10,12H,11H2,1-3H3,(H,20,21)/t12-/m0/s1. The minimum atomic E-state index is -0.190. The predicted octanol–water partition coefficient (Wildman–Crippen LogP) is 3.72. The summed E-state index contributed by atoms with van der Waals surface area (Å²) < 4.78 is 16.6. The maximum absolute atomic E-state index is 12.0. The molecule has 1 N–H and O–H groups in total. The number of carbonyl (C=O) groups is 1. The van der Waals surface area contributed by atoms with Crippen molar-refractivity contribution in [3.63, 3.8) is 0 Å². The summed E-state index contributed by atoms with van der Waals surface area (Å²) in [6.07, 6.45) is 0. The molecule has 0 aliphatic heterocycles. The Kier molecular flexibility index (Phi) is 6.49. The summed E-state index contributed by atoms with van der Waals surface area (Å²) in [6, 6.07) is 12.6. The second-order valence-corrected chi connectivity index (χ2v) is 6.00. The monoisotopic (exact) mass is 393 g/mol. The molecule has 2 aromatic carbocycles. The van der Waals surface area contributed by atoms with E-state index in [-0.39, 0.29) is 18.6 Å². The van der Waals surface area contributed by atoms with Crippen molar-refractivity contribution in [2.75, 3.05) is 20.8 Å². The van der Waals surface area contributed by atoms with Crippen molar-refractivity contribution in [2.24, 2.45) is 0 Å². The van der Waals surface area contributed by atoms with E-state index < -0.39 is 0 Å². The van der Waals surface area contributed by atoms with Crippen molar-refractivity contribution < 1.29 is 19.0 Å². The molecule has 0 unspecified atom stereocenters. The SMILES string of the molecule is COc1ccc(OCC(=O)N[C@@H](C)c2ccc(OC)c(Br)c2)cc1. The summed E-state index contributed by atoms with van der Waals surface area (Å²) >= 11 is 3.44. The van der Waals surface area contributed by atoms with Crippen LogP contribution in [-0.2, 0) is 4.79 Å². The molecule has 0 bridgehead atoms. The van der Waals surface area contributed by atoms with Gasteiger partial charge in [-0.3, -0.25) is 4.79 Å². The van der Waals surface area contributed by atoms with Crippen LogP contribution in [0.25, 0.3) is 0 Å². The van der Waals surface area contributed by atoms with E-state index in [1.54, 1.807) is 38.5 Å². The summed E-state index contributed by atoms with van der Waals surface area (Å²) in [5.74, 6) is 1.92. The molecular formula is C18H20BrNO4. The molecule has 2 aromatic rings. The summed E-state index contributed by atoms with van der Waals surface area (Å²) in [6.45, 7) is 1.87. The average Bonchev–Trinajstić information content (AvgIpc) is 2.60. The highest BCUT2D eigenvalue weighted by molar-refractivity contribution is 9.10. The van der Waals surface area contributed by atoms with Gasteiger partial charge in [-0.15, -0.1) is 0 Å². The lowest BCUT2D eigenvalue weighted by Crippen LogP contribution is -2.31. The molecule has 0 heterocycles. The van der Waals surface area contributed by atoms with E-state index in [9.17, 15) is 4.79 Å². The largest absolute Gasteiger partial charge is 0.497 e. The first kappa shape index (κ1) is 18.1. The number of halogens is 1. The lowest BCUT2D eigenvalue weighted by Gasteiger charge is -2.16. The van der Waals surface area contributed by atoms with Gasteiger partial charge < -0.3 is 19.5 Å². The topological polar surface area (TPSA) is 56.8 Å². The van der Waals surface area contributed by atoms with E-state index >= 15 is 0 Å². The number of methoxy groups -OCH3 is 2. The zero-order chi connectivity index (χ0) is 17.5. The van der Waals surface area contributed by atoms with Gasteiger partial charge in [-0.2, -0.15) is 0 Å². The van der Waals surface area contributed by atoms with E-state index in [2.05, 4.69) is 21.2 Å². The molecule has 1 amide bonds. The van der Waals surface area contributed by atoms with Gasteiger partial charge in [0.2, 0.25) is 0 Å². The number of hydrogen-bond donors (Lipinski definition) is 1. The molecule has 0 saturated heterocycles. The normalized spacial score (nSPS) is 11.5. The number of ether oxygens (including phenoxy) is 3. The van der Waals surface area contributed by atoms with E-state index in [0.717, 1.165) is 21.5 Å². The quantitative estimate of drug-likeness (QED) is 0.778. The highest BCUT2D eigenvalue weighted by Crippen LogP contribution is 2.28. The van der Waals surface area contributed by atoms with Crippen LogP contribution in [0.15, 0.2) is 46.9 Å². The van der Waals surface area contributed by atoms with Crippen molar-refractivity contribution in [3.8, 4) is 17.2 Å². The predicted molar refractivity (Wildman–Crippen MR) is 95.7 cm³/mol. The third-order valence-electron chi connectivity index (χ3n) is 3.48. The lowest BCUT2D eigenvalue weighted by molar-refractivity contribution is -0.123. The fraction of sp³-hybridized carbons (Fsp3) is 0.278. The lowest BCUT2D eigenvalue weighted by atomic mass is 10.1. The Hall–Kier alpha value is -2.21. The molecule has 0 aliphatic carbocycles. The van der Waals surface area contributed by atoms with Gasteiger partial charge in [0.15, 0.2) is 6.61 Å². The van der Waals surface area contributed by atoms with Crippen LogP contribution in [0.4, 0.5) is 0 Å². The van der Waals surface area contributed by atoms with Crippen LogP contribution < -0.4 is 19.5 Å². The van der Waals surface area contributed by atoms with E-state index in [1.165, 1.54) is 0 Å². The molecule has 0 radical (unpaired) electrons. The Morgan fingerprint density at radius 3 is 2.33 bits per heavy atom. The van der Waals surface area contributed by atoms with Gasteiger partial charge in [-0.1, -0.05) is 6.07 Å². The Bertz CT molecular complexity index is 688. The number of hydrogen-bond acceptors (Lipinski definition) is 4. The second-order valence-electron chi connectivity index (χ2n) is 5.15. The van der Waals surface area contributed by atoms with Gasteiger partial charge in [0.1, 0.15) is 17.2 Å². The first-order chi connectivity index (χ1) is 11.5. The van der Waals surface area contributed by atoms with Gasteiger partial charge in [-0.25, -0.2) is 0 Å². The van der Waals surface area contributed by atoms with Gasteiger partial charge in [0, 0.05) is 0 Å². The molecule has 1 atom stereocenters. The van der Waals surface area contributed by atoms with Crippen LogP contribution in [0.2, 0.25) is 0 Å². The Morgan fingerprint density at radius 1 is 1.08 bits per heavy atom. The van der Waals surface area contributed by atoms with Crippen molar-refractivity contribution in [1.82, 2.24) is 5.32 Å². The smallest absolute Gasteiger partial charge is 0.258 e. The Morgan fingerprint density at radius 2 is 1.75 bits per heavy atom. The number of nitrogens with one attached hydrogen (secondary N) is 1. The van der Waals surface area contributed by atoms with E-state index in [0.29, 0.717) is 5.75 Å². The number of amides is 1. The molecule has 128 valence electrons. The van der Waals surface area contributed by atoms with Crippen molar-refractivity contribution in [3.05, 3.63) is 52.5 Å². The average molecular weight is 394 g/mol. The highest BCUT2D eigenvalue weighted by Gasteiger charge is 2.12. The minimum Gasteiger partial charge on any atom is -0.497 e. The highest BCUT2D eigenvalue weighted by atomic mass is 79.9. The zero-order valence-corrected chi connectivity index (χ0v) is 15.4. The summed E-state index contributed by atoms with van der Waals surface area (Å²) in [5.41, 5.74) is 0.973. The number of rotatable bonds is 7. The fourth-order valence-electron chi connectivity index (χ4n) is 2.14. The molecular weight excluding hydrogens is 374 g/mol. The van der Waals surface area contributed by atoms with Crippen LogP contribution in [-0.4, -0.2) is 26.7 Å². The van der Waals surface area contributed by atoms with Gasteiger partial charge in [0.05, 0.1) is 24.7 Å². The first-order valence-electron chi connectivity index (χ1n) is 7.43. The Labute approximate surface area is 150 Å². The molecule has 2 rings (SSSR count). The zero-order valence-electron chi connectivity index (χ0n) is 13.8. The number of benzene rings is 2. The van der Waals surface area contributed by atoms with Gasteiger partial charge >= 0.3 is 0 Å². The van der Waals surface area contributed by atoms with Crippen molar-refractivity contribution >= 4 is 21.8 Å². The van der Waals surface area contributed by atoms with Crippen LogP contribution >= 0.6 is 15.9 Å². The van der Waals surface area contributed by atoms with E-state index in [1.807, 2.05) is 25.1 Å². The second kappa shape index (κ2) is 8.59. The third-order valence-corrected chi connectivity index (χ3v) is 4.10. The van der Waals surface area contributed by atoms with E-state index in [4.69, 9.17) is 14.2 Å². The molecule has 5 nitrogen and oxygen atoms in total. The summed E-state index contributed by atoms with van der Waals surface area (Å²) in [7, 11) is 3.21. The molecule has 0 saturated carbocycles. The maximum atomic E-state index is 12.0. The molecule has 6 heteroatoms. The molecule has 24 heavy (non-hydrogen) atoms. The van der Waals surface area contributed by atoms with Crippen LogP contribution in [0, 0.1) is 0 Å². The van der Waals surface area contributed by atoms with Crippen LogP contribution in [0.5, 0.6) is 17.2 Å². The van der Waals surface area contributed by atoms with Crippen molar-refractivity contribution in [2.45, 2.75) is 13.0 Å². The van der Waals surface area contributed by atoms with Crippen molar-refractivity contribution in [1.29, 1.82) is 0 Å². The molecule has 0 aromatic heterocycles. The first-order valence-corrected chi connectivity index (χ1v) is 8.22. The number of carbonyl (C=O) groups excluding carboxylic acids is 1. The van der Waals surface area contributed by atoms with Crippen LogP contribution in [0.3, 0.4) is 0 Å². The molecule has 0 spiro atoms. The third kappa shape index (κ3) is 4.89. The maximum Gasteiger partial charge on any atom is 0.258 e. The summed E-state index contributed by atoms with van der Waals surface area (Å²) in [5, 5.41) is 2.90. The molecule has 0 fully saturated rings. The summed E-state index contributed by atoms with van der Waals surface area (Å²) in [4.78, 5) is 12.0. The molecule has 0 aliphatic rings.